The summed E-state index contributed by atoms with van der Waals surface area (Å²) in [5.41, 5.74) is 4.46. The predicted molar refractivity (Wildman–Crippen MR) is 101 cm³/mol. The van der Waals surface area contributed by atoms with Crippen molar-refractivity contribution < 1.29 is 14.3 Å². The third kappa shape index (κ3) is 2.24. The lowest BCUT2D eigenvalue weighted by atomic mass is 9.85. The number of aryl methyl sites for hydroxylation is 1. The van der Waals surface area contributed by atoms with Gasteiger partial charge in [-0.2, -0.15) is 0 Å². The SMILES string of the molecule is CCCc1cccc2c1C=C1C(=O)C3=Cc4ccccc4OC3=CC1O2. The summed E-state index contributed by atoms with van der Waals surface area (Å²) in [6.07, 6.45) is 7.45. The van der Waals surface area contributed by atoms with E-state index in [0.717, 1.165) is 35.5 Å². The van der Waals surface area contributed by atoms with Crippen molar-refractivity contribution in [2.75, 3.05) is 0 Å². The van der Waals surface area contributed by atoms with Gasteiger partial charge in [-0.3, -0.25) is 4.79 Å². The summed E-state index contributed by atoms with van der Waals surface area (Å²) < 4.78 is 12.1. The highest BCUT2D eigenvalue weighted by Gasteiger charge is 2.37. The molecular formula is C23H18O3. The predicted octanol–water partition coefficient (Wildman–Crippen LogP) is 4.73. The number of rotatable bonds is 2. The van der Waals surface area contributed by atoms with Crippen LogP contribution in [0.1, 0.15) is 30.0 Å². The van der Waals surface area contributed by atoms with Crippen molar-refractivity contribution in [3.63, 3.8) is 0 Å². The third-order valence-corrected chi connectivity index (χ3v) is 5.05. The Morgan fingerprint density at radius 3 is 2.73 bits per heavy atom. The molecule has 0 aromatic heterocycles. The van der Waals surface area contributed by atoms with Crippen molar-refractivity contribution in [2.24, 2.45) is 0 Å². The lowest BCUT2D eigenvalue weighted by Gasteiger charge is -2.32. The van der Waals surface area contributed by atoms with Gasteiger partial charge in [0.1, 0.15) is 23.4 Å². The maximum Gasteiger partial charge on any atom is 0.196 e. The van der Waals surface area contributed by atoms with E-state index < -0.39 is 6.10 Å². The van der Waals surface area contributed by atoms with Gasteiger partial charge in [-0.05, 0) is 36.3 Å². The summed E-state index contributed by atoms with van der Waals surface area (Å²) in [5.74, 6) is 2.17. The molecule has 1 atom stereocenters. The molecule has 0 bridgehead atoms. The van der Waals surface area contributed by atoms with E-state index in [-0.39, 0.29) is 5.78 Å². The van der Waals surface area contributed by atoms with Gasteiger partial charge in [0.15, 0.2) is 5.78 Å². The van der Waals surface area contributed by atoms with Crippen LogP contribution < -0.4 is 9.47 Å². The van der Waals surface area contributed by atoms with Crippen molar-refractivity contribution in [3.05, 3.63) is 82.1 Å². The highest BCUT2D eigenvalue weighted by atomic mass is 16.5. The Bertz CT molecular complexity index is 1020. The molecule has 2 heterocycles. The Hall–Kier alpha value is -3.07. The van der Waals surface area contributed by atoms with Crippen LogP contribution in [0.25, 0.3) is 12.2 Å². The molecule has 3 aliphatic rings. The molecule has 0 saturated heterocycles. The van der Waals surface area contributed by atoms with Gasteiger partial charge in [0.25, 0.3) is 0 Å². The second-order valence-corrected chi connectivity index (χ2v) is 6.78. The molecule has 3 heteroatoms. The zero-order valence-corrected chi connectivity index (χ0v) is 14.5. The normalized spacial score (nSPS) is 19.5. The first-order valence-corrected chi connectivity index (χ1v) is 9.00. The number of carbonyl (C=O) groups excluding carboxylic acids is 1. The van der Waals surface area contributed by atoms with Crippen molar-refractivity contribution >= 4 is 17.9 Å². The Morgan fingerprint density at radius 1 is 1.00 bits per heavy atom. The standard InChI is InChI=1S/C23H18O3/c1-2-6-14-8-5-10-20-16(14)12-18-22(26-20)13-21-17(23(18)24)11-15-7-3-4-9-19(15)25-21/h3-5,7-13,22H,2,6H2,1H3. The highest BCUT2D eigenvalue weighted by molar-refractivity contribution is 6.18. The molecule has 0 amide bonds. The van der Waals surface area contributed by atoms with Crippen molar-refractivity contribution in [1.82, 2.24) is 0 Å². The van der Waals surface area contributed by atoms with E-state index in [1.165, 1.54) is 5.56 Å². The smallest absolute Gasteiger partial charge is 0.196 e. The first-order chi connectivity index (χ1) is 12.7. The van der Waals surface area contributed by atoms with Gasteiger partial charge in [0.05, 0.1) is 5.57 Å². The van der Waals surface area contributed by atoms with Crippen LogP contribution in [-0.4, -0.2) is 11.9 Å². The van der Waals surface area contributed by atoms with E-state index in [1.54, 1.807) is 0 Å². The van der Waals surface area contributed by atoms with Crippen LogP contribution in [0.15, 0.2) is 65.4 Å². The van der Waals surface area contributed by atoms with Crippen molar-refractivity contribution in [2.45, 2.75) is 25.9 Å². The van der Waals surface area contributed by atoms with Crippen molar-refractivity contribution in [3.8, 4) is 11.5 Å². The van der Waals surface area contributed by atoms with Gasteiger partial charge in [-0.25, -0.2) is 0 Å². The number of para-hydroxylation sites is 1. The van der Waals surface area contributed by atoms with Gasteiger partial charge in [0.2, 0.25) is 0 Å². The number of allylic oxidation sites excluding steroid dienone is 1. The van der Waals surface area contributed by atoms with Gasteiger partial charge >= 0.3 is 0 Å². The maximum absolute atomic E-state index is 13.1. The molecule has 5 rings (SSSR count). The summed E-state index contributed by atoms with van der Waals surface area (Å²) in [6.45, 7) is 2.15. The van der Waals surface area contributed by atoms with Crippen LogP contribution in [0.4, 0.5) is 0 Å². The molecule has 2 aromatic carbocycles. The molecule has 128 valence electrons. The molecule has 0 spiro atoms. The summed E-state index contributed by atoms with van der Waals surface area (Å²) >= 11 is 0. The Kier molecular flexibility index (Phi) is 3.35. The molecule has 0 radical (unpaired) electrons. The number of ketones is 1. The molecule has 0 N–H and O–H groups in total. The van der Waals surface area contributed by atoms with E-state index in [1.807, 2.05) is 54.6 Å². The van der Waals surface area contributed by atoms with Crippen LogP contribution >= 0.6 is 0 Å². The van der Waals surface area contributed by atoms with Crippen LogP contribution in [0.3, 0.4) is 0 Å². The van der Waals surface area contributed by atoms with E-state index in [2.05, 4.69) is 13.0 Å². The molecule has 3 nitrogen and oxygen atoms in total. The van der Waals surface area contributed by atoms with Gasteiger partial charge in [-0.1, -0.05) is 43.7 Å². The molecule has 2 aromatic rings. The fraction of sp³-hybridized carbons (Fsp3) is 0.174. The van der Waals surface area contributed by atoms with E-state index in [9.17, 15) is 4.79 Å². The van der Waals surface area contributed by atoms with Crippen LogP contribution in [0.5, 0.6) is 11.5 Å². The van der Waals surface area contributed by atoms with Gasteiger partial charge in [-0.15, -0.1) is 0 Å². The number of ether oxygens (including phenoxy) is 2. The highest BCUT2D eigenvalue weighted by Crippen LogP contribution is 2.41. The number of carbonyl (C=O) groups is 1. The minimum absolute atomic E-state index is 0.0149. The first kappa shape index (κ1) is 15.2. The Balaban J connectivity index is 1.63. The topological polar surface area (TPSA) is 35.5 Å². The second-order valence-electron chi connectivity index (χ2n) is 6.78. The molecule has 2 aliphatic heterocycles. The van der Waals surface area contributed by atoms with E-state index in [4.69, 9.17) is 9.47 Å². The lowest BCUT2D eigenvalue weighted by Crippen LogP contribution is -2.33. The van der Waals surface area contributed by atoms with Gasteiger partial charge < -0.3 is 9.47 Å². The average Bonchev–Trinajstić information content (AvgIpc) is 2.66. The summed E-state index contributed by atoms with van der Waals surface area (Å²) in [5, 5.41) is 0. The fourth-order valence-corrected chi connectivity index (χ4v) is 3.79. The minimum Gasteiger partial charge on any atom is -0.481 e. The minimum atomic E-state index is -0.399. The zero-order chi connectivity index (χ0) is 17.7. The monoisotopic (exact) mass is 342 g/mol. The third-order valence-electron chi connectivity index (χ3n) is 5.05. The van der Waals surface area contributed by atoms with Crippen molar-refractivity contribution in [1.29, 1.82) is 0 Å². The van der Waals surface area contributed by atoms with Crippen LogP contribution in [0, 0.1) is 0 Å². The molecule has 26 heavy (non-hydrogen) atoms. The second kappa shape index (κ2) is 5.73. The number of hydrogen-bond acceptors (Lipinski definition) is 3. The molecule has 0 saturated carbocycles. The Morgan fingerprint density at radius 2 is 1.85 bits per heavy atom. The fourth-order valence-electron chi connectivity index (χ4n) is 3.79. The number of hydrogen-bond donors (Lipinski definition) is 0. The van der Waals surface area contributed by atoms with E-state index >= 15 is 0 Å². The zero-order valence-electron chi connectivity index (χ0n) is 14.5. The maximum atomic E-state index is 13.1. The van der Waals surface area contributed by atoms with Gasteiger partial charge in [0, 0.05) is 22.8 Å². The number of Topliss-reactive ketones (excluding diaryl/α,β-unsaturated/α-hetero) is 1. The average molecular weight is 342 g/mol. The molecular weight excluding hydrogens is 324 g/mol. The quantitative estimate of drug-likeness (QED) is 0.792. The lowest BCUT2D eigenvalue weighted by molar-refractivity contribution is -0.113. The molecule has 0 fully saturated rings. The van der Waals surface area contributed by atoms with Crippen LogP contribution in [0.2, 0.25) is 0 Å². The van der Waals surface area contributed by atoms with Crippen LogP contribution in [-0.2, 0) is 11.2 Å². The van der Waals surface area contributed by atoms with E-state index in [0.29, 0.717) is 16.9 Å². The Labute approximate surface area is 152 Å². The first-order valence-electron chi connectivity index (χ1n) is 9.00. The summed E-state index contributed by atoms with van der Waals surface area (Å²) in [7, 11) is 0. The largest absolute Gasteiger partial charge is 0.481 e. The molecule has 1 aliphatic carbocycles. The summed E-state index contributed by atoms with van der Waals surface area (Å²) in [4.78, 5) is 13.1. The number of benzene rings is 2. The number of fused-ring (bicyclic) bond motifs is 4. The molecule has 1 unspecified atom stereocenters. The summed E-state index contributed by atoms with van der Waals surface area (Å²) in [6, 6.07) is 13.8.